The second kappa shape index (κ2) is 8.21. The number of methoxy groups -OCH3 is 1. The molecule has 0 aliphatic carbocycles. The number of rotatable bonds is 6. The molecule has 3 N–H and O–H groups in total. The monoisotopic (exact) mass is 355 g/mol. The zero-order valence-corrected chi connectivity index (χ0v) is 15.3. The Morgan fingerprint density at radius 3 is 2.58 bits per heavy atom. The van der Waals surface area contributed by atoms with Crippen molar-refractivity contribution in [3.63, 3.8) is 0 Å². The Morgan fingerprint density at radius 1 is 1.15 bits per heavy atom. The van der Waals surface area contributed by atoms with E-state index in [4.69, 9.17) is 9.47 Å². The third-order valence-corrected chi connectivity index (χ3v) is 4.52. The lowest BCUT2D eigenvalue weighted by molar-refractivity contribution is -0.117. The maximum absolute atomic E-state index is 12.6. The van der Waals surface area contributed by atoms with Gasteiger partial charge in [0.15, 0.2) is 0 Å². The molecule has 2 unspecified atom stereocenters. The quantitative estimate of drug-likeness (QED) is 0.743. The molecule has 0 spiro atoms. The lowest BCUT2D eigenvalue weighted by atomic mass is 10.0. The van der Waals surface area contributed by atoms with Crippen molar-refractivity contribution < 1.29 is 14.3 Å². The van der Waals surface area contributed by atoms with Crippen molar-refractivity contribution in [3.05, 3.63) is 53.6 Å². The Kier molecular flexibility index (Phi) is 5.75. The van der Waals surface area contributed by atoms with Gasteiger partial charge in [0.1, 0.15) is 17.5 Å². The molecular weight excluding hydrogens is 330 g/mol. The molecule has 1 heterocycles. The lowest BCUT2D eigenvalue weighted by Gasteiger charge is -2.13. The van der Waals surface area contributed by atoms with Gasteiger partial charge in [0.25, 0.3) is 0 Å². The van der Waals surface area contributed by atoms with Crippen LogP contribution in [0.4, 0.5) is 5.69 Å². The van der Waals surface area contributed by atoms with Gasteiger partial charge in [0.2, 0.25) is 5.91 Å². The fraction of sp³-hybridized carbons (Fsp3) is 0.350. The topological polar surface area (TPSA) is 71.6 Å². The molecule has 1 aliphatic heterocycles. The molecule has 6 nitrogen and oxygen atoms in total. The van der Waals surface area contributed by atoms with E-state index in [0.717, 1.165) is 28.3 Å². The zero-order valence-electron chi connectivity index (χ0n) is 15.3. The number of hydrazine groups is 1. The third kappa shape index (κ3) is 4.15. The molecule has 0 bridgehead atoms. The molecular formula is C20H25N3O3. The van der Waals surface area contributed by atoms with Crippen LogP contribution in [0.3, 0.4) is 0 Å². The van der Waals surface area contributed by atoms with E-state index in [9.17, 15) is 4.79 Å². The SMILES string of the molecule is CCOc1ccc(C2CC(C(=O)Nc3cc(OC)ccc3C)NN2)cc1. The van der Waals surface area contributed by atoms with Crippen molar-refractivity contribution in [1.29, 1.82) is 0 Å². The summed E-state index contributed by atoms with van der Waals surface area (Å²) in [5, 5.41) is 2.98. The van der Waals surface area contributed by atoms with Gasteiger partial charge >= 0.3 is 0 Å². The van der Waals surface area contributed by atoms with Gasteiger partial charge in [-0.25, -0.2) is 10.9 Å². The van der Waals surface area contributed by atoms with Crippen LogP contribution in [-0.2, 0) is 4.79 Å². The number of aryl methyl sites for hydroxylation is 1. The standard InChI is InChI=1S/C20H25N3O3/c1-4-26-15-9-6-14(7-10-15)18-12-19(23-22-18)20(24)21-17-11-16(25-3)8-5-13(17)2/h5-11,18-19,22-23H,4,12H2,1-3H3,(H,21,24). The molecule has 1 saturated heterocycles. The van der Waals surface area contributed by atoms with Crippen molar-refractivity contribution >= 4 is 11.6 Å². The van der Waals surface area contributed by atoms with Crippen molar-refractivity contribution in [3.8, 4) is 11.5 Å². The Hall–Kier alpha value is -2.57. The molecule has 6 heteroatoms. The van der Waals surface area contributed by atoms with E-state index in [1.165, 1.54) is 0 Å². The summed E-state index contributed by atoms with van der Waals surface area (Å²) in [6.45, 7) is 4.57. The van der Waals surface area contributed by atoms with Crippen LogP contribution in [0, 0.1) is 6.92 Å². The van der Waals surface area contributed by atoms with Crippen molar-refractivity contribution in [1.82, 2.24) is 10.9 Å². The van der Waals surface area contributed by atoms with Gasteiger partial charge in [-0.3, -0.25) is 4.79 Å². The minimum absolute atomic E-state index is 0.0673. The van der Waals surface area contributed by atoms with Gasteiger partial charge in [-0.15, -0.1) is 0 Å². The number of carbonyl (C=O) groups is 1. The highest BCUT2D eigenvalue weighted by Gasteiger charge is 2.30. The van der Waals surface area contributed by atoms with Crippen molar-refractivity contribution in [2.75, 3.05) is 19.0 Å². The molecule has 1 aliphatic rings. The van der Waals surface area contributed by atoms with Gasteiger partial charge in [0, 0.05) is 17.8 Å². The summed E-state index contributed by atoms with van der Waals surface area (Å²) in [7, 11) is 1.61. The highest BCUT2D eigenvalue weighted by atomic mass is 16.5. The van der Waals surface area contributed by atoms with E-state index in [1.807, 2.05) is 56.3 Å². The van der Waals surface area contributed by atoms with Crippen LogP contribution in [0.15, 0.2) is 42.5 Å². The Labute approximate surface area is 153 Å². The molecule has 0 saturated carbocycles. The van der Waals surface area contributed by atoms with Gasteiger partial charge < -0.3 is 14.8 Å². The number of ether oxygens (including phenoxy) is 2. The van der Waals surface area contributed by atoms with Crippen LogP contribution >= 0.6 is 0 Å². The second-order valence-corrected chi connectivity index (χ2v) is 6.30. The summed E-state index contributed by atoms with van der Waals surface area (Å²) in [5.74, 6) is 1.50. The smallest absolute Gasteiger partial charge is 0.242 e. The maximum Gasteiger partial charge on any atom is 0.242 e. The second-order valence-electron chi connectivity index (χ2n) is 6.30. The number of hydrogen-bond acceptors (Lipinski definition) is 5. The fourth-order valence-electron chi connectivity index (χ4n) is 2.99. The zero-order chi connectivity index (χ0) is 18.5. The number of carbonyl (C=O) groups excluding carboxylic acids is 1. The first-order valence-corrected chi connectivity index (χ1v) is 8.80. The van der Waals surface area contributed by atoms with Crippen molar-refractivity contribution in [2.24, 2.45) is 0 Å². The van der Waals surface area contributed by atoms with E-state index >= 15 is 0 Å². The first kappa shape index (κ1) is 18.2. The van der Waals surface area contributed by atoms with E-state index < -0.39 is 0 Å². The number of anilines is 1. The van der Waals surface area contributed by atoms with E-state index in [-0.39, 0.29) is 18.0 Å². The Balaban J connectivity index is 1.62. The molecule has 2 aromatic carbocycles. The van der Waals surface area contributed by atoms with Crippen LogP contribution in [0.25, 0.3) is 0 Å². The minimum Gasteiger partial charge on any atom is -0.497 e. The Bertz CT molecular complexity index is 761. The normalized spacial score (nSPS) is 19.2. The maximum atomic E-state index is 12.6. The van der Waals surface area contributed by atoms with Crippen LogP contribution in [0.5, 0.6) is 11.5 Å². The largest absolute Gasteiger partial charge is 0.497 e. The highest BCUT2D eigenvalue weighted by Crippen LogP contribution is 2.26. The number of benzene rings is 2. The molecule has 0 radical (unpaired) electrons. The average molecular weight is 355 g/mol. The highest BCUT2D eigenvalue weighted by molar-refractivity contribution is 5.95. The molecule has 1 fully saturated rings. The summed E-state index contributed by atoms with van der Waals surface area (Å²) >= 11 is 0. The van der Waals surface area contributed by atoms with Crippen LogP contribution in [0.2, 0.25) is 0 Å². The summed E-state index contributed by atoms with van der Waals surface area (Å²) in [4.78, 5) is 12.6. The molecule has 138 valence electrons. The molecule has 1 amide bonds. The first-order chi connectivity index (χ1) is 12.6. The average Bonchev–Trinajstić information content (AvgIpc) is 3.15. The number of amides is 1. The molecule has 2 aromatic rings. The van der Waals surface area contributed by atoms with E-state index in [2.05, 4.69) is 16.2 Å². The van der Waals surface area contributed by atoms with Gasteiger partial charge in [0.05, 0.1) is 13.7 Å². The van der Waals surface area contributed by atoms with Crippen LogP contribution < -0.4 is 25.6 Å². The molecule has 0 aromatic heterocycles. The van der Waals surface area contributed by atoms with E-state index in [0.29, 0.717) is 13.0 Å². The summed E-state index contributed by atoms with van der Waals surface area (Å²) in [5.41, 5.74) is 9.17. The van der Waals surface area contributed by atoms with Gasteiger partial charge in [-0.1, -0.05) is 18.2 Å². The van der Waals surface area contributed by atoms with E-state index in [1.54, 1.807) is 7.11 Å². The van der Waals surface area contributed by atoms with Crippen LogP contribution in [0.1, 0.15) is 30.5 Å². The molecule has 3 rings (SSSR count). The van der Waals surface area contributed by atoms with Crippen molar-refractivity contribution in [2.45, 2.75) is 32.4 Å². The first-order valence-electron chi connectivity index (χ1n) is 8.80. The molecule has 26 heavy (non-hydrogen) atoms. The Morgan fingerprint density at radius 2 is 1.88 bits per heavy atom. The summed E-state index contributed by atoms with van der Waals surface area (Å²) < 4.78 is 10.7. The summed E-state index contributed by atoms with van der Waals surface area (Å²) in [6.07, 6.45) is 0.669. The van der Waals surface area contributed by atoms with Gasteiger partial charge in [-0.05, 0) is 49.6 Å². The summed E-state index contributed by atoms with van der Waals surface area (Å²) in [6, 6.07) is 13.4. The fourth-order valence-corrected chi connectivity index (χ4v) is 2.99. The number of hydrogen-bond donors (Lipinski definition) is 3. The minimum atomic E-state index is -0.308. The third-order valence-electron chi connectivity index (χ3n) is 4.52. The predicted molar refractivity (Wildman–Crippen MR) is 101 cm³/mol. The van der Waals surface area contributed by atoms with Crippen LogP contribution in [-0.4, -0.2) is 25.7 Å². The van der Waals surface area contributed by atoms with Gasteiger partial charge in [-0.2, -0.15) is 0 Å². The lowest BCUT2D eigenvalue weighted by Crippen LogP contribution is -2.39. The number of nitrogens with one attached hydrogen (secondary N) is 3. The molecule has 2 atom stereocenters. The predicted octanol–water partition coefficient (Wildman–Crippen LogP) is 2.95.